The fraction of sp³-hybridized carbons (Fsp3) is 0.393. The third-order valence-corrected chi connectivity index (χ3v) is 6.04. The van der Waals surface area contributed by atoms with Crippen LogP contribution in [0.2, 0.25) is 0 Å². The molecule has 0 spiro atoms. The number of imide groups is 2. The van der Waals surface area contributed by atoms with Crippen LogP contribution in [0, 0.1) is 6.92 Å². The molecule has 0 atom stereocenters. The summed E-state index contributed by atoms with van der Waals surface area (Å²) in [5.41, 5.74) is 3.16. The van der Waals surface area contributed by atoms with Crippen LogP contribution in [0.15, 0.2) is 48.5 Å². The maximum Gasteiger partial charge on any atom is 0.261 e. The molecule has 2 fully saturated rings. The maximum absolute atomic E-state index is 11.3. The molecule has 0 unspecified atom stereocenters. The van der Waals surface area contributed by atoms with Gasteiger partial charge in [0.15, 0.2) is 0 Å². The molecule has 4 amide bonds. The lowest BCUT2D eigenvalue weighted by molar-refractivity contribution is -0.136. The zero-order chi connectivity index (χ0) is 26.9. The van der Waals surface area contributed by atoms with E-state index in [2.05, 4.69) is 21.9 Å². The lowest BCUT2D eigenvalue weighted by Crippen LogP contribution is -2.32. The predicted octanol–water partition coefficient (Wildman–Crippen LogP) is 3.13. The molecule has 1 aromatic heterocycles. The number of hydrogen-bond acceptors (Lipinski definition) is 7. The number of aryl methyl sites for hydroxylation is 1. The highest BCUT2D eigenvalue weighted by Gasteiger charge is 2.31. The van der Waals surface area contributed by atoms with E-state index < -0.39 is 0 Å². The Hall–Kier alpha value is -3.89. The van der Waals surface area contributed by atoms with E-state index in [0.717, 1.165) is 48.1 Å². The highest BCUT2D eigenvalue weighted by molar-refractivity contribution is 6.21. The molecule has 3 aliphatic rings. The molecule has 6 rings (SSSR count). The molecule has 0 bridgehead atoms. The van der Waals surface area contributed by atoms with Gasteiger partial charge in [-0.05, 0) is 38.2 Å². The van der Waals surface area contributed by atoms with Crippen molar-refractivity contribution in [3.05, 3.63) is 65.5 Å². The van der Waals surface area contributed by atoms with Gasteiger partial charge in [0.25, 0.3) is 11.8 Å². The van der Waals surface area contributed by atoms with Crippen molar-refractivity contribution in [3.8, 4) is 0 Å². The van der Waals surface area contributed by atoms with Crippen molar-refractivity contribution in [1.29, 1.82) is 0 Å². The summed E-state index contributed by atoms with van der Waals surface area (Å²) < 4.78 is 5.10. The molecule has 0 saturated carbocycles. The van der Waals surface area contributed by atoms with Crippen LogP contribution in [0.25, 0.3) is 11.0 Å². The van der Waals surface area contributed by atoms with Crippen molar-refractivity contribution < 1.29 is 23.9 Å². The molecule has 10 nitrogen and oxygen atoms in total. The number of para-hydroxylation sites is 2. The fourth-order valence-corrected chi connectivity index (χ4v) is 3.73. The molecule has 2 saturated heterocycles. The van der Waals surface area contributed by atoms with Gasteiger partial charge in [0, 0.05) is 40.0 Å². The molecule has 4 heterocycles. The van der Waals surface area contributed by atoms with Crippen molar-refractivity contribution in [2.24, 2.45) is 0 Å². The monoisotopic (exact) mass is 523 g/mol. The lowest BCUT2D eigenvalue weighted by atomic mass is 10.1. The first-order valence-electron chi connectivity index (χ1n) is 12.1. The van der Waals surface area contributed by atoms with E-state index in [9.17, 15) is 19.2 Å². The van der Waals surface area contributed by atoms with Gasteiger partial charge in [-0.3, -0.25) is 29.0 Å². The number of likely N-dealkylation sites (tertiary alicyclic amines) is 1. The number of hydrogen-bond donors (Lipinski definition) is 1. The fourth-order valence-electron chi connectivity index (χ4n) is 3.73. The summed E-state index contributed by atoms with van der Waals surface area (Å²) in [7, 11) is 5.12. The maximum atomic E-state index is 11.3. The Labute approximate surface area is 223 Å². The molecule has 10 heteroatoms. The Kier molecular flexibility index (Phi) is 11.3. The molecule has 3 aromatic rings. The van der Waals surface area contributed by atoms with Gasteiger partial charge in [-0.2, -0.15) is 0 Å². The van der Waals surface area contributed by atoms with E-state index in [4.69, 9.17) is 4.74 Å². The zero-order valence-electron chi connectivity index (χ0n) is 21.7. The van der Waals surface area contributed by atoms with E-state index in [0.29, 0.717) is 24.0 Å². The normalized spacial score (nSPS) is 16.5. The second kappa shape index (κ2) is 14.2. The largest absolute Gasteiger partial charge is 0.379 e. The van der Waals surface area contributed by atoms with Crippen LogP contribution in [0.1, 0.15) is 46.8 Å². The van der Waals surface area contributed by atoms with Gasteiger partial charge >= 0.3 is 0 Å². The zero-order valence-corrected chi connectivity index (χ0v) is 21.7. The minimum absolute atomic E-state index is 0. The van der Waals surface area contributed by atoms with Crippen molar-refractivity contribution >= 4 is 34.7 Å². The number of carbonyl (C=O) groups excluding carboxylic acids is 4. The van der Waals surface area contributed by atoms with E-state index >= 15 is 0 Å². The minimum atomic E-state index is -0.212. The number of imidazole rings is 1. The molecule has 0 radical (unpaired) electrons. The highest BCUT2D eigenvalue weighted by Crippen LogP contribution is 2.20. The highest BCUT2D eigenvalue weighted by atomic mass is 16.5. The van der Waals surface area contributed by atoms with Crippen LogP contribution in [-0.2, 0) is 14.3 Å². The summed E-state index contributed by atoms with van der Waals surface area (Å²) in [5, 5.41) is 0. The first-order valence-corrected chi connectivity index (χ1v) is 12.1. The molecule has 204 valence electrons. The van der Waals surface area contributed by atoms with E-state index in [1.807, 2.05) is 31.2 Å². The summed E-state index contributed by atoms with van der Waals surface area (Å²) in [5.74, 6) is 0.428. The number of aromatic nitrogens is 2. The molecule has 1 N–H and O–H groups in total. The second-order valence-corrected chi connectivity index (χ2v) is 8.82. The number of likely N-dealkylation sites (N-methyl/N-ethyl adjacent to an activating group) is 1. The number of rotatable bonds is 0. The van der Waals surface area contributed by atoms with Crippen LogP contribution in [0.4, 0.5) is 0 Å². The standard InChI is InChI=1S/C9H7NO2.C8H8N2.C5H7NO2.C5H11NO.CH4/c1-10-8(11)6-4-2-3-5-7(6)9(10)12;1-6-9-7-4-2-3-5-8(7)10-6;1-6-4(7)2-3-5(6)8;1-6-2-4-7-5-3-6;/h2-5H,1H3;2-5H,1H3,(H,9,10);2-3H2,1H3;2-5H2,1H3;1H4. The number of amides is 4. The van der Waals surface area contributed by atoms with Crippen LogP contribution < -0.4 is 0 Å². The Balaban J connectivity index is 0.000000180. The first-order chi connectivity index (χ1) is 17.7. The van der Waals surface area contributed by atoms with Crippen LogP contribution in [-0.4, -0.2) is 95.7 Å². The number of ether oxygens (including phenoxy) is 1. The summed E-state index contributed by atoms with van der Waals surface area (Å²) in [6.07, 6.45) is 0.796. The average molecular weight is 524 g/mol. The van der Waals surface area contributed by atoms with E-state index in [1.54, 1.807) is 24.3 Å². The Morgan fingerprint density at radius 3 is 1.68 bits per heavy atom. The number of nitrogens with zero attached hydrogens (tertiary/aromatic N) is 4. The summed E-state index contributed by atoms with van der Waals surface area (Å²) >= 11 is 0. The molecular weight excluding hydrogens is 486 g/mol. The van der Waals surface area contributed by atoms with Gasteiger partial charge in [0.1, 0.15) is 5.82 Å². The lowest BCUT2D eigenvalue weighted by Gasteiger charge is -2.21. The Morgan fingerprint density at radius 1 is 0.763 bits per heavy atom. The van der Waals surface area contributed by atoms with Gasteiger partial charge in [0.2, 0.25) is 11.8 Å². The Bertz CT molecular complexity index is 1180. The molecular formula is C28H37N5O5. The van der Waals surface area contributed by atoms with Gasteiger partial charge < -0.3 is 14.6 Å². The SMILES string of the molecule is C.CN1C(=O)CCC1=O.CN1C(=O)c2ccccc2C1=O.CN1CCOCC1.Cc1nc2ccccc2[nH]1. The molecule has 38 heavy (non-hydrogen) atoms. The van der Waals surface area contributed by atoms with Crippen molar-refractivity contribution in [2.75, 3.05) is 47.4 Å². The first kappa shape index (κ1) is 30.3. The van der Waals surface area contributed by atoms with Crippen LogP contribution >= 0.6 is 0 Å². The van der Waals surface area contributed by atoms with Crippen LogP contribution in [0.5, 0.6) is 0 Å². The van der Waals surface area contributed by atoms with Crippen molar-refractivity contribution in [1.82, 2.24) is 24.7 Å². The predicted molar refractivity (Wildman–Crippen MR) is 146 cm³/mol. The number of benzene rings is 2. The van der Waals surface area contributed by atoms with Crippen LogP contribution in [0.3, 0.4) is 0 Å². The number of nitrogens with one attached hydrogen (secondary N) is 1. The number of aromatic amines is 1. The summed E-state index contributed by atoms with van der Waals surface area (Å²) in [6, 6.07) is 14.8. The topological polar surface area (TPSA) is 116 Å². The van der Waals surface area contributed by atoms with E-state index in [1.165, 1.54) is 19.0 Å². The minimum Gasteiger partial charge on any atom is -0.379 e. The quantitative estimate of drug-likeness (QED) is 0.450. The summed E-state index contributed by atoms with van der Waals surface area (Å²) in [6.45, 7) is 5.98. The average Bonchev–Trinajstić information content (AvgIpc) is 3.51. The number of fused-ring (bicyclic) bond motifs is 2. The molecule has 0 aliphatic carbocycles. The van der Waals surface area contributed by atoms with Gasteiger partial charge in [-0.15, -0.1) is 0 Å². The van der Waals surface area contributed by atoms with Gasteiger partial charge in [0.05, 0.1) is 35.4 Å². The Morgan fingerprint density at radius 2 is 1.26 bits per heavy atom. The number of morpholine rings is 1. The molecule has 3 aliphatic heterocycles. The second-order valence-electron chi connectivity index (χ2n) is 8.82. The van der Waals surface area contributed by atoms with Crippen molar-refractivity contribution in [2.45, 2.75) is 27.2 Å². The summed E-state index contributed by atoms with van der Waals surface area (Å²) in [4.78, 5) is 55.6. The number of carbonyl (C=O) groups is 4. The van der Waals surface area contributed by atoms with Gasteiger partial charge in [-0.25, -0.2) is 4.98 Å². The third kappa shape index (κ3) is 7.80. The van der Waals surface area contributed by atoms with E-state index in [-0.39, 0.29) is 31.1 Å². The van der Waals surface area contributed by atoms with Crippen molar-refractivity contribution in [3.63, 3.8) is 0 Å². The number of H-pyrrole nitrogens is 1. The van der Waals surface area contributed by atoms with Gasteiger partial charge in [-0.1, -0.05) is 31.7 Å². The third-order valence-electron chi connectivity index (χ3n) is 6.04. The smallest absolute Gasteiger partial charge is 0.261 e. The molecule has 2 aromatic carbocycles.